The average molecular weight is 235 g/mol. The van der Waals surface area contributed by atoms with E-state index in [2.05, 4.69) is 29.6 Å². The Hall–Kier alpha value is -0.930. The summed E-state index contributed by atoms with van der Waals surface area (Å²) in [4.78, 5) is 2.70. The number of benzene rings is 1. The van der Waals surface area contributed by atoms with Crippen molar-refractivity contribution in [1.82, 2.24) is 0 Å². The second-order valence-electron chi connectivity index (χ2n) is 3.39. The van der Waals surface area contributed by atoms with E-state index in [0.717, 1.165) is 17.0 Å². The molecule has 2 N–H and O–H groups in total. The zero-order valence-electron chi connectivity index (χ0n) is 8.57. The highest BCUT2D eigenvalue weighted by Crippen LogP contribution is 2.27. The predicted octanol–water partition coefficient (Wildman–Crippen LogP) is 3.93. The van der Waals surface area contributed by atoms with Crippen LogP contribution in [0.15, 0.2) is 40.6 Å². The van der Waals surface area contributed by atoms with Gasteiger partial charge in [0.2, 0.25) is 0 Å². The van der Waals surface area contributed by atoms with Crippen molar-refractivity contribution in [1.29, 1.82) is 0 Å². The highest BCUT2D eigenvalue weighted by atomic mass is 32.2. The van der Waals surface area contributed by atoms with Gasteiger partial charge in [0.15, 0.2) is 0 Å². The molecule has 0 unspecified atom stereocenters. The molecule has 2 aromatic rings. The topological polar surface area (TPSA) is 26.0 Å². The molecular formula is C12H13NS2. The number of rotatable bonds is 3. The smallest absolute Gasteiger partial charge is 0.0344 e. The van der Waals surface area contributed by atoms with E-state index in [4.69, 9.17) is 5.73 Å². The molecule has 0 bridgehead atoms. The Morgan fingerprint density at radius 1 is 1.33 bits per heavy atom. The van der Waals surface area contributed by atoms with Gasteiger partial charge in [0, 0.05) is 21.2 Å². The summed E-state index contributed by atoms with van der Waals surface area (Å²) in [6.07, 6.45) is 0. The highest BCUT2D eigenvalue weighted by Gasteiger charge is 1.99. The summed E-state index contributed by atoms with van der Waals surface area (Å²) in [5, 5.41) is 2.12. The molecule has 1 nitrogen and oxygen atoms in total. The average Bonchev–Trinajstić information content (AvgIpc) is 2.73. The molecular weight excluding hydrogens is 222 g/mol. The van der Waals surface area contributed by atoms with E-state index in [1.807, 2.05) is 24.8 Å². The molecule has 0 spiro atoms. The normalized spacial score (nSPS) is 10.5. The third-order valence-corrected chi connectivity index (χ3v) is 4.30. The third kappa shape index (κ3) is 2.76. The largest absolute Gasteiger partial charge is 0.399 e. The zero-order chi connectivity index (χ0) is 10.7. The molecule has 15 heavy (non-hydrogen) atoms. The molecule has 0 aliphatic carbocycles. The van der Waals surface area contributed by atoms with Crippen LogP contribution in [0, 0.1) is 6.92 Å². The quantitative estimate of drug-likeness (QED) is 0.644. The summed E-state index contributed by atoms with van der Waals surface area (Å²) in [5.41, 5.74) is 7.80. The molecule has 0 atom stereocenters. The first-order chi connectivity index (χ1) is 7.25. The van der Waals surface area contributed by atoms with E-state index >= 15 is 0 Å². The van der Waals surface area contributed by atoms with Gasteiger partial charge in [-0.05, 0) is 42.1 Å². The van der Waals surface area contributed by atoms with Crippen LogP contribution in [0.25, 0.3) is 0 Å². The number of thiophene rings is 1. The van der Waals surface area contributed by atoms with E-state index in [1.54, 1.807) is 11.3 Å². The number of thioether (sulfide) groups is 1. The first kappa shape index (κ1) is 10.6. The van der Waals surface area contributed by atoms with Gasteiger partial charge in [0.1, 0.15) is 0 Å². The van der Waals surface area contributed by atoms with Gasteiger partial charge in [-0.2, -0.15) is 0 Å². The minimum Gasteiger partial charge on any atom is -0.399 e. The minimum absolute atomic E-state index is 0.871. The van der Waals surface area contributed by atoms with Gasteiger partial charge >= 0.3 is 0 Å². The molecule has 0 saturated heterocycles. The summed E-state index contributed by atoms with van der Waals surface area (Å²) >= 11 is 3.66. The fourth-order valence-electron chi connectivity index (χ4n) is 1.29. The maximum atomic E-state index is 5.77. The van der Waals surface area contributed by atoms with Crippen LogP contribution in [0.2, 0.25) is 0 Å². The van der Waals surface area contributed by atoms with Crippen LogP contribution < -0.4 is 5.73 Å². The van der Waals surface area contributed by atoms with Crippen LogP contribution in [-0.4, -0.2) is 0 Å². The van der Waals surface area contributed by atoms with Crippen LogP contribution in [0.4, 0.5) is 5.69 Å². The summed E-state index contributed by atoms with van der Waals surface area (Å²) < 4.78 is 0. The van der Waals surface area contributed by atoms with E-state index in [-0.39, 0.29) is 0 Å². The van der Waals surface area contributed by atoms with Gasteiger partial charge in [0.25, 0.3) is 0 Å². The van der Waals surface area contributed by atoms with Gasteiger partial charge in [-0.25, -0.2) is 0 Å². The lowest BCUT2D eigenvalue weighted by molar-refractivity contribution is 1.35. The number of nitrogen functional groups attached to an aromatic ring is 1. The van der Waals surface area contributed by atoms with E-state index in [1.165, 1.54) is 9.77 Å². The van der Waals surface area contributed by atoms with Crippen LogP contribution in [0.1, 0.15) is 10.4 Å². The van der Waals surface area contributed by atoms with Gasteiger partial charge in [0.05, 0.1) is 0 Å². The van der Waals surface area contributed by atoms with Gasteiger partial charge in [-0.1, -0.05) is 6.07 Å². The second kappa shape index (κ2) is 4.73. The molecule has 1 aromatic carbocycles. The van der Waals surface area contributed by atoms with Crippen LogP contribution >= 0.6 is 23.1 Å². The van der Waals surface area contributed by atoms with Gasteiger partial charge in [-0.15, -0.1) is 23.1 Å². The number of nitrogens with two attached hydrogens (primary N) is 1. The molecule has 0 radical (unpaired) electrons. The lowest BCUT2D eigenvalue weighted by Crippen LogP contribution is -1.88. The Balaban J connectivity index is 2.02. The molecule has 0 aliphatic rings. The van der Waals surface area contributed by atoms with E-state index in [9.17, 15) is 0 Å². The first-order valence-corrected chi connectivity index (χ1v) is 6.63. The summed E-state index contributed by atoms with van der Waals surface area (Å²) in [6.45, 7) is 2.05. The number of aryl methyl sites for hydroxylation is 1. The van der Waals surface area contributed by atoms with Crippen molar-refractivity contribution in [3.05, 3.63) is 46.2 Å². The summed E-state index contributed by atoms with van der Waals surface area (Å²) in [6, 6.07) is 10.5. The Morgan fingerprint density at radius 2 is 2.20 bits per heavy atom. The van der Waals surface area contributed by atoms with Crippen molar-refractivity contribution < 1.29 is 0 Å². The fourth-order valence-corrected chi connectivity index (χ4v) is 3.05. The molecule has 3 heteroatoms. The molecule has 0 amide bonds. The SMILES string of the molecule is Cc1cc(SCc2cccs2)ccc1N. The Kier molecular flexibility index (Phi) is 3.34. The van der Waals surface area contributed by atoms with E-state index in [0.29, 0.717) is 0 Å². The van der Waals surface area contributed by atoms with Gasteiger partial charge in [-0.3, -0.25) is 0 Å². The van der Waals surface area contributed by atoms with Crippen molar-refractivity contribution in [2.45, 2.75) is 17.6 Å². The standard InChI is InChI=1S/C12H13NS2/c1-9-7-10(4-5-12(9)13)15-8-11-3-2-6-14-11/h2-7H,8,13H2,1H3. The van der Waals surface area contributed by atoms with Crippen molar-refractivity contribution >= 4 is 28.8 Å². The zero-order valence-corrected chi connectivity index (χ0v) is 10.2. The predicted molar refractivity (Wildman–Crippen MR) is 69.5 cm³/mol. The number of hydrogen-bond donors (Lipinski definition) is 1. The van der Waals surface area contributed by atoms with Crippen molar-refractivity contribution in [2.24, 2.45) is 0 Å². The summed E-state index contributed by atoms with van der Waals surface area (Å²) in [7, 11) is 0. The van der Waals surface area contributed by atoms with Crippen LogP contribution in [0.3, 0.4) is 0 Å². The van der Waals surface area contributed by atoms with Crippen molar-refractivity contribution in [2.75, 3.05) is 5.73 Å². The molecule has 1 heterocycles. The second-order valence-corrected chi connectivity index (χ2v) is 5.47. The molecule has 0 fully saturated rings. The number of anilines is 1. The Bertz CT molecular complexity index is 435. The van der Waals surface area contributed by atoms with Gasteiger partial charge < -0.3 is 5.73 Å². The Morgan fingerprint density at radius 3 is 2.87 bits per heavy atom. The lowest BCUT2D eigenvalue weighted by Gasteiger charge is -2.03. The van der Waals surface area contributed by atoms with E-state index < -0.39 is 0 Å². The lowest BCUT2D eigenvalue weighted by atomic mass is 10.2. The van der Waals surface area contributed by atoms with Crippen molar-refractivity contribution in [3.63, 3.8) is 0 Å². The molecule has 1 aromatic heterocycles. The van der Waals surface area contributed by atoms with Crippen LogP contribution in [-0.2, 0) is 5.75 Å². The molecule has 0 saturated carbocycles. The monoisotopic (exact) mass is 235 g/mol. The maximum Gasteiger partial charge on any atom is 0.0344 e. The summed E-state index contributed by atoms with van der Waals surface area (Å²) in [5.74, 6) is 1.04. The van der Waals surface area contributed by atoms with Crippen LogP contribution in [0.5, 0.6) is 0 Å². The fraction of sp³-hybridized carbons (Fsp3) is 0.167. The number of hydrogen-bond acceptors (Lipinski definition) is 3. The molecule has 0 aliphatic heterocycles. The minimum atomic E-state index is 0.871. The van der Waals surface area contributed by atoms with Crippen molar-refractivity contribution in [3.8, 4) is 0 Å². The molecule has 78 valence electrons. The first-order valence-electron chi connectivity index (χ1n) is 4.77. The maximum absolute atomic E-state index is 5.77. The highest BCUT2D eigenvalue weighted by molar-refractivity contribution is 7.98. The Labute approximate surface area is 98.3 Å². The molecule has 2 rings (SSSR count). The third-order valence-electron chi connectivity index (χ3n) is 2.20.